The van der Waals surface area contributed by atoms with Crippen molar-refractivity contribution in [2.45, 2.75) is 0 Å². The van der Waals surface area contributed by atoms with Gasteiger partial charge in [0.15, 0.2) is 5.56 Å². The van der Waals surface area contributed by atoms with Crippen LogP contribution in [0.5, 0.6) is 0 Å². The van der Waals surface area contributed by atoms with Gasteiger partial charge in [-0.2, -0.15) is 5.26 Å². The smallest absolute Gasteiger partial charge is 0.356 e. The maximum atomic E-state index is 12.4. The van der Waals surface area contributed by atoms with E-state index in [2.05, 4.69) is 4.90 Å². The highest BCUT2D eigenvalue weighted by molar-refractivity contribution is 6.33. The molecule has 1 fully saturated rings. The summed E-state index contributed by atoms with van der Waals surface area (Å²) >= 11 is 12.3. The highest BCUT2D eigenvalue weighted by Gasteiger charge is 2.23. The third-order valence-electron chi connectivity index (χ3n) is 4.98. The quantitative estimate of drug-likeness (QED) is 0.602. The van der Waals surface area contributed by atoms with Crippen LogP contribution in [0.25, 0.3) is 11.3 Å². The molecule has 0 amide bonds. The van der Waals surface area contributed by atoms with Crippen molar-refractivity contribution in [2.24, 2.45) is 0 Å². The maximum Gasteiger partial charge on any atom is 0.356 e. The Morgan fingerprint density at radius 2 is 1.52 bits per heavy atom. The Morgan fingerprint density at radius 1 is 0.897 bits per heavy atom. The molecule has 4 rings (SSSR count). The van der Waals surface area contributed by atoms with Crippen LogP contribution in [0, 0.1) is 11.3 Å². The van der Waals surface area contributed by atoms with Crippen LogP contribution in [-0.4, -0.2) is 26.2 Å². The van der Waals surface area contributed by atoms with Crippen LogP contribution in [0.1, 0.15) is 5.56 Å². The maximum absolute atomic E-state index is 12.4. The molecule has 2 heterocycles. The average Bonchev–Trinajstić information content (AvgIpc) is 2.74. The fraction of sp³-hybridized carbons (Fsp3) is 0.182. The highest BCUT2D eigenvalue weighted by atomic mass is 35.5. The number of hydrogen-bond acceptors (Lipinski definition) is 5. The van der Waals surface area contributed by atoms with Crippen LogP contribution in [0.15, 0.2) is 63.8 Å². The lowest BCUT2D eigenvalue weighted by Crippen LogP contribution is -2.47. The molecule has 0 atom stereocenters. The van der Waals surface area contributed by atoms with Gasteiger partial charge in [-0.3, -0.25) is 0 Å². The van der Waals surface area contributed by atoms with Gasteiger partial charge in [-0.15, -0.1) is 0 Å². The van der Waals surface area contributed by atoms with Gasteiger partial charge in [0.2, 0.25) is 0 Å². The summed E-state index contributed by atoms with van der Waals surface area (Å²) in [5.74, 6) is 0.411. The highest BCUT2D eigenvalue weighted by Crippen LogP contribution is 2.30. The van der Waals surface area contributed by atoms with E-state index in [1.807, 2.05) is 35.2 Å². The molecule has 0 bridgehead atoms. The van der Waals surface area contributed by atoms with Crippen molar-refractivity contribution >= 4 is 34.6 Å². The molecule has 5 nitrogen and oxygen atoms in total. The minimum atomic E-state index is -0.636. The monoisotopic (exact) mass is 425 g/mol. The van der Waals surface area contributed by atoms with Gasteiger partial charge in [0.1, 0.15) is 11.8 Å². The van der Waals surface area contributed by atoms with E-state index in [4.69, 9.17) is 27.6 Å². The molecule has 1 aromatic heterocycles. The molecule has 0 saturated carbocycles. The Labute approximate surface area is 178 Å². The molecule has 0 unspecified atom stereocenters. The van der Waals surface area contributed by atoms with Crippen LogP contribution >= 0.6 is 23.2 Å². The van der Waals surface area contributed by atoms with Crippen molar-refractivity contribution < 1.29 is 4.42 Å². The molecular formula is C22H17Cl2N3O2. The van der Waals surface area contributed by atoms with Crippen LogP contribution in [0.4, 0.5) is 11.4 Å². The Morgan fingerprint density at radius 3 is 2.14 bits per heavy atom. The molecule has 1 aliphatic heterocycles. The van der Waals surface area contributed by atoms with Gasteiger partial charge in [-0.05, 0) is 36.4 Å². The number of rotatable bonds is 3. The average molecular weight is 426 g/mol. The molecule has 0 spiro atoms. The minimum absolute atomic E-state index is 0.0221. The van der Waals surface area contributed by atoms with E-state index in [1.54, 1.807) is 30.3 Å². The van der Waals surface area contributed by atoms with E-state index in [0.29, 0.717) is 34.6 Å². The number of para-hydroxylation sites is 1. The number of anilines is 2. The first-order chi connectivity index (χ1) is 14.1. The van der Waals surface area contributed by atoms with Crippen LogP contribution < -0.4 is 15.4 Å². The summed E-state index contributed by atoms with van der Waals surface area (Å²) in [5.41, 5.74) is 1.69. The molecular weight excluding hydrogens is 409 g/mol. The third kappa shape index (κ3) is 3.95. The van der Waals surface area contributed by atoms with Gasteiger partial charge in [-0.25, -0.2) is 4.79 Å². The number of piperazine rings is 1. The van der Waals surface area contributed by atoms with Crippen molar-refractivity contribution in [1.82, 2.24) is 0 Å². The van der Waals surface area contributed by atoms with Gasteiger partial charge < -0.3 is 14.2 Å². The predicted molar refractivity (Wildman–Crippen MR) is 116 cm³/mol. The first kappa shape index (κ1) is 19.4. The molecule has 0 radical (unpaired) electrons. The summed E-state index contributed by atoms with van der Waals surface area (Å²) < 4.78 is 5.39. The number of benzene rings is 2. The van der Waals surface area contributed by atoms with Crippen molar-refractivity contribution in [3.8, 4) is 17.4 Å². The summed E-state index contributed by atoms with van der Waals surface area (Å²) in [7, 11) is 0. The largest absolute Gasteiger partial charge is 0.422 e. The second kappa shape index (κ2) is 8.20. The van der Waals surface area contributed by atoms with Crippen molar-refractivity contribution in [3.63, 3.8) is 0 Å². The molecule has 0 aliphatic carbocycles. The first-order valence-electron chi connectivity index (χ1n) is 9.15. The Bertz CT molecular complexity index is 1130. The lowest BCUT2D eigenvalue weighted by Gasteiger charge is -2.37. The van der Waals surface area contributed by atoms with Crippen LogP contribution in [-0.2, 0) is 0 Å². The molecule has 3 aromatic rings. The van der Waals surface area contributed by atoms with E-state index in [0.717, 1.165) is 24.3 Å². The van der Waals surface area contributed by atoms with Gasteiger partial charge in [0.25, 0.3) is 0 Å². The van der Waals surface area contributed by atoms with Gasteiger partial charge in [0, 0.05) is 42.8 Å². The Hall–Kier alpha value is -2.94. The van der Waals surface area contributed by atoms with E-state index in [-0.39, 0.29) is 5.56 Å². The van der Waals surface area contributed by atoms with E-state index in [9.17, 15) is 10.1 Å². The zero-order valence-corrected chi connectivity index (χ0v) is 17.0. The minimum Gasteiger partial charge on any atom is -0.422 e. The van der Waals surface area contributed by atoms with Gasteiger partial charge in [0.05, 0.1) is 16.4 Å². The molecule has 146 valence electrons. The first-order valence-corrected chi connectivity index (χ1v) is 9.91. The lowest BCUT2D eigenvalue weighted by atomic mass is 10.1. The topological polar surface area (TPSA) is 60.5 Å². The molecule has 0 N–H and O–H groups in total. The van der Waals surface area contributed by atoms with E-state index in [1.165, 1.54) is 0 Å². The zero-order chi connectivity index (χ0) is 20.4. The third-order valence-corrected chi connectivity index (χ3v) is 5.56. The fourth-order valence-corrected chi connectivity index (χ4v) is 3.87. The number of hydrogen-bond donors (Lipinski definition) is 0. The summed E-state index contributed by atoms with van der Waals surface area (Å²) in [5, 5.41) is 10.8. The van der Waals surface area contributed by atoms with E-state index >= 15 is 0 Å². The second-order valence-electron chi connectivity index (χ2n) is 6.70. The number of nitrogens with zero attached hydrogens (tertiary/aromatic N) is 3. The Kier molecular flexibility index (Phi) is 5.48. The standard InChI is InChI=1S/C22H17Cl2N3O2/c23-16-7-5-15(6-8-16)21-13-20(17(14-25)22(28)29-21)27-11-9-26(10-12-27)19-4-2-1-3-18(19)24/h1-8,13H,9-12H2. The lowest BCUT2D eigenvalue weighted by molar-refractivity contribution is 0.521. The van der Waals surface area contributed by atoms with Gasteiger partial charge >= 0.3 is 5.63 Å². The second-order valence-corrected chi connectivity index (χ2v) is 7.55. The van der Waals surface area contributed by atoms with E-state index < -0.39 is 5.63 Å². The van der Waals surface area contributed by atoms with Crippen LogP contribution in [0.2, 0.25) is 10.0 Å². The SMILES string of the molecule is N#Cc1c(N2CCN(c3ccccc3Cl)CC2)cc(-c2ccc(Cl)cc2)oc1=O. The fourth-order valence-electron chi connectivity index (χ4n) is 3.49. The van der Waals surface area contributed by atoms with Crippen molar-refractivity contribution in [3.05, 3.63) is 80.6 Å². The van der Waals surface area contributed by atoms with Crippen molar-refractivity contribution in [1.29, 1.82) is 5.26 Å². The van der Waals surface area contributed by atoms with Crippen molar-refractivity contribution in [2.75, 3.05) is 36.0 Å². The Balaban J connectivity index is 1.63. The number of halogens is 2. The number of nitriles is 1. The van der Waals surface area contributed by atoms with Gasteiger partial charge in [-0.1, -0.05) is 35.3 Å². The summed E-state index contributed by atoms with van der Waals surface area (Å²) in [6, 6.07) is 18.5. The summed E-state index contributed by atoms with van der Waals surface area (Å²) in [4.78, 5) is 16.7. The molecule has 1 saturated heterocycles. The summed E-state index contributed by atoms with van der Waals surface area (Å²) in [6.45, 7) is 2.77. The molecule has 29 heavy (non-hydrogen) atoms. The zero-order valence-electron chi connectivity index (χ0n) is 15.4. The molecule has 2 aromatic carbocycles. The summed E-state index contributed by atoms with van der Waals surface area (Å²) in [6.07, 6.45) is 0. The molecule has 1 aliphatic rings. The molecule has 7 heteroatoms. The normalized spacial score (nSPS) is 14.0. The predicted octanol–water partition coefficient (Wildman–Crippen LogP) is 4.81. The van der Waals surface area contributed by atoms with Crippen LogP contribution in [0.3, 0.4) is 0 Å².